The van der Waals surface area contributed by atoms with Gasteiger partial charge in [0, 0.05) is 10.8 Å². The molecule has 1 saturated heterocycles. The standard InChI is InChI=1S/C20H18FNO5/c1-26-15-8-4-13(5-9-15)19-18(12-2-6-14(21)7-3-12)16-10-17(23)27-11-20(16,19)22(24)25/h2-9,16,18-19H,10-11H2,1H3/t16-,18-,19+,20+/m0/s1. The maximum absolute atomic E-state index is 13.4. The SMILES string of the molecule is COc1ccc([C@@H]2[C@@H](c3ccc(F)cc3)[C@@H]3CC(=O)OC[C@]23[N+](=O)[O-])cc1. The minimum atomic E-state index is -1.37. The molecule has 0 bridgehead atoms. The Morgan fingerprint density at radius 2 is 1.78 bits per heavy atom. The van der Waals surface area contributed by atoms with Crippen molar-refractivity contribution in [3.63, 3.8) is 0 Å². The number of carbonyl (C=O) groups is 1. The lowest BCUT2D eigenvalue weighted by Gasteiger charge is -2.56. The van der Waals surface area contributed by atoms with Crippen molar-refractivity contribution < 1.29 is 23.6 Å². The van der Waals surface area contributed by atoms with Crippen LogP contribution in [0.15, 0.2) is 48.5 Å². The molecule has 1 heterocycles. The molecule has 140 valence electrons. The molecule has 0 amide bonds. The van der Waals surface area contributed by atoms with E-state index in [2.05, 4.69) is 0 Å². The molecule has 2 fully saturated rings. The van der Waals surface area contributed by atoms with Crippen molar-refractivity contribution in [1.82, 2.24) is 0 Å². The molecule has 2 aliphatic rings. The normalized spacial score (nSPS) is 29.3. The summed E-state index contributed by atoms with van der Waals surface area (Å²) in [5.74, 6) is -1.40. The first-order valence-electron chi connectivity index (χ1n) is 8.67. The number of hydrogen-bond donors (Lipinski definition) is 0. The van der Waals surface area contributed by atoms with Gasteiger partial charge in [-0.3, -0.25) is 14.9 Å². The molecule has 0 spiro atoms. The highest BCUT2D eigenvalue weighted by molar-refractivity contribution is 5.72. The molecule has 4 rings (SSSR count). The molecule has 0 radical (unpaired) electrons. The lowest BCUT2D eigenvalue weighted by Crippen LogP contribution is -2.69. The number of cyclic esters (lactones) is 1. The van der Waals surface area contributed by atoms with Gasteiger partial charge in [-0.25, -0.2) is 4.39 Å². The minimum Gasteiger partial charge on any atom is -0.497 e. The second-order valence-corrected chi connectivity index (χ2v) is 7.05. The number of carbonyl (C=O) groups excluding carboxylic acids is 1. The molecule has 0 N–H and O–H groups in total. The minimum absolute atomic E-state index is 0.0182. The molecule has 1 aliphatic heterocycles. The second kappa shape index (κ2) is 6.33. The maximum Gasteiger partial charge on any atom is 0.306 e. The predicted molar refractivity (Wildman–Crippen MR) is 93.7 cm³/mol. The van der Waals surface area contributed by atoms with Crippen LogP contribution >= 0.6 is 0 Å². The van der Waals surface area contributed by atoms with E-state index in [-0.39, 0.29) is 29.7 Å². The summed E-state index contributed by atoms with van der Waals surface area (Å²) in [7, 11) is 1.55. The summed E-state index contributed by atoms with van der Waals surface area (Å²) in [5, 5.41) is 12.1. The van der Waals surface area contributed by atoms with Gasteiger partial charge in [0.05, 0.1) is 25.4 Å². The third-order valence-corrected chi connectivity index (χ3v) is 5.89. The highest BCUT2D eigenvalue weighted by Gasteiger charge is 2.74. The van der Waals surface area contributed by atoms with Gasteiger partial charge in [0.25, 0.3) is 5.54 Å². The zero-order chi connectivity index (χ0) is 19.2. The van der Waals surface area contributed by atoms with Crippen molar-refractivity contribution >= 4 is 5.97 Å². The Morgan fingerprint density at radius 3 is 2.37 bits per heavy atom. The number of fused-ring (bicyclic) bond motifs is 1. The van der Waals surface area contributed by atoms with Crippen molar-refractivity contribution in [1.29, 1.82) is 0 Å². The number of hydrogen-bond acceptors (Lipinski definition) is 5. The highest BCUT2D eigenvalue weighted by atomic mass is 19.1. The fourth-order valence-electron chi connectivity index (χ4n) is 4.62. The van der Waals surface area contributed by atoms with E-state index in [0.717, 1.165) is 11.1 Å². The zero-order valence-electron chi connectivity index (χ0n) is 14.6. The Morgan fingerprint density at radius 1 is 1.15 bits per heavy atom. The van der Waals surface area contributed by atoms with Crippen molar-refractivity contribution in [3.05, 3.63) is 75.6 Å². The van der Waals surface area contributed by atoms with E-state index in [4.69, 9.17) is 9.47 Å². The van der Waals surface area contributed by atoms with Crippen LogP contribution in [0.2, 0.25) is 0 Å². The van der Waals surface area contributed by atoms with Crippen LogP contribution in [0, 0.1) is 21.8 Å². The van der Waals surface area contributed by atoms with Gasteiger partial charge < -0.3 is 9.47 Å². The molecule has 1 saturated carbocycles. The molecule has 4 atom stereocenters. The average molecular weight is 371 g/mol. The third-order valence-electron chi connectivity index (χ3n) is 5.89. The van der Waals surface area contributed by atoms with Crippen LogP contribution in [0.4, 0.5) is 4.39 Å². The molecular weight excluding hydrogens is 353 g/mol. The van der Waals surface area contributed by atoms with Crippen molar-refractivity contribution in [3.8, 4) is 5.75 Å². The number of esters is 1. The van der Waals surface area contributed by atoms with Gasteiger partial charge in [-0.05, 0) is 35.4 Å². The van der Waals surface area contributed by atoms with E-state index < -0.39 is 23.3 Å². The average Bonchev–Trinajstić information content (AvgIpc) is 2.66. The van der Waals surface area contributed by atoms with Crippen molar-refractivity contribution in [2.24, 2.45) is 5.92 Å². The molecule has 1 aliphatic carbocycles. The van der Waals surface area contributed by atoms with Gasteiger partial charge in [-0.15, -0.1) is 0 Å². The summed E-state index contributed by atoms with van der Waals surface area (Å²) in [5.41, 5.74) is 0.187. The van der Waals surface area contributed by atoms with Crippen LogP contribution in [0.3, 0.4) is 0 Å². The Labute approximate surface area is 155 Å². The zero-order valence-corrected chi connectivity index (χ0v) is 14.6. The summed E-state index contributed by atoms with van der Waals surface area (Å²) in [6.45, 7) is -0.252. The maximum atomic E-state index is 13.4. The van der Waals surface area contributed by atoms with Crippen molar-refractivity contribution in [2.75, 3.05) is 13.7 Å². The van der Waals surface area contributed by atoms with Crippen LogP contribution in [0.25, 0.3) is 0 Å². The van der Waals surface area contributed by atoms with Gasteiger partial charge in [-0.2, -0.15) is 0 Å². The van der Waals surface area contributed by atoms with E-state index in [1.54, 1.807) is 43.5 Å². The predicted octanol–water partition coefficient (Wildman–Crippen LogP) is 3.29. The number of methoxy groups -OCH3 is 1. The molecule has 2 aromatic carbocycles. The fourth-order valence-corrected chi connectivity index (χ4v) is 4.62. The Bertz CT molecular complexity index is 882. The van der Waals surface area contributed by atoms with Gasteiger partial charge in [-0.1, -0.05) is 24.3 Å². The molecule has 0 unspecified atom stereocenters. The van der Waals surface area contributed by atoms with E-state index in [0.29, 0.717) is 5.75 Å². The molecule has 27 heavy (non-hydrogen) atoms. The van der Waals surface area contributed by atoms with Crippen LogP contribution < -0.4 is 4.74 Å². The Balaban J connectivity index is 1.82. The number of rotatable bonds is 4. The summed E-state index contributed by atoms with van der Waals surface area (Å²) >= 11 is 0. The van der Waals surface area contributed by atoms with Gasteiger partial charge in [0.15, 0.2) is 6.61 Å². The monoisotopic (exact) mass is 371 g/mol. The summed E-state index contributed by atoms with van der Waals surface area (Å²) in [4.78, 5) is 23.7. The van der Waals surface area contributed by atoms with Gasteiger partial charge in [0.1, 0.15) is 11.6 Å². The molecule has 2 aromatic rings. The molecule has 6 nitrogen and oxygen atoms in total. The first-order valence-corrected chi connectivity index (χ1v) is 8.67. The second-order valence-electron chi connectivity index (χ2n) is 7.05. The van der Waals surface area contributed by atoms with E-state index in [9.17, 15) is 19.3 Å². The first kappa shape index (κ1) is 17.5. The number of benzene rings is 2. The topological polar surface area (TPSA) is 78.7 Å². The lowest BCUT2D eigenvalue weighted by atomic mass is 9.47. The molecular formula is C20H18FNO5. The summed E-state index contributed by atoms with van der Waals surface area (Å²) in [6.07, 6.45) is -0.0182. The van der Waals surface area contributed by atoms with E-state index >= 15 is 0 Å². The van der Waals surface area contributed by atoms with Crippen LogP contribution in [-0.4, -0.2) is 30.1 Å². The Hall–Kier alpha value is -2.96. The summed E-state index contributed by atoms with van der Waals surface area (Å²) in [6, 6.07) is 13.1. The number of ether oxygens (including phenoxy) is 2. The van der Waals surface area contributed by atoms with Gasteiger partial charge in [0.2, 0.25) is 0 Å². The van der Waals surface area contributed by atoms with Crippen LogP contribution in [0.1, 0.15) is 29.4 Å². The van der Waals surface area contributed by atoms with Crippen molar-refractivity contribution in [2.45, 2.75) is 23.8 Å². The number of halogens is 1. The van der Waals surface area contributed by atoms with Crippen LogP contribution in [-0.2, 0) is 9.53 Å². The molecule has 7 heteroatoms. The largest absolute Gasteiger partial charge is 0.497 e. The van der Waals surface area contributed by atoms with E-state index in [1.165, 1.54) is 12.1 Å². The molecule has 0 aromatic heterocycles. The third kappa shape index (κ3) is 2.57. The van der Waals surface area contributed by atoms with E-state index in [1.807, 2.05) is 0 Å². The first-order chi connectivity index (χ1) is 13.0. The number of nitro groups is 1. The quantitative estimate of drug-likeness (QED) is 0.468. The van der Waals surface area contributed by atoms with Crippen LogP contribution in [0.5, 0.6) is 5.75 Å². The fraction of sp³-hybridized carbons (Fsp3) is 0.350. The number of nitrogens with zero attached hydrogens (tertiary/aromatic N) is 1. The smallest absolute Gasteiger partial charge is 0.306 e. The Kier molecular flexibility index (Phi) is 4.09. The van der Waals surface area contributed by atoms with Gasteiger partial charge >= 0.3 is 5.97 Å². The highest BCUT2D eigenvalue weighted by Crippen LogP contribution is 2.64. The summed E-state index contributed by atoms with van der Waals surface area (Å²) < 4.78 is 23.7. The lowest BCUT2D eigenvalue weighted by molar-refractivity contribution is -0.612.